The lowest BCUT2D eigenvalue weighted by Crippen LogP contribution is -2.54. The standard InChI is InChI=1S/C21H36O2/c1-13(22)17-6-7-18-16-5-4-14-12-15(23)8-10-20(14,2)19(16)9-11-21(17,18)3/h13-19,22-23H,4-12H2,1-3H3/t13-,14?,15-,16?,17?,18?,19?,20-,21+/m0/s1. The quantitative estimate of drug-likeness (QED) is 0.752. The molecule has 0 aromatic heterocycles. The molecule has 4 saturated carbocycles. The Bertz CT molecular complexity index is 461. The molecule has 4 fully saturated rings. The van der Waals surface area contributed by atoms with Gasteiger partial charge in [0.15, 0.2) is 0 Å². The van der Waals surface area contributed by atoms with E-state index in [-0.39, 0.29) is 12.2 Å². The van der Waals surface area contributed by atoms with Crippen molar-refractivity contribution < 1.29 is 10.2 Å². The highest BCUT2D eigenvalue weighted by Crippen LogP contribution is 2.67. The van der Waals surface area contributed by atoms with E-state index in [0.29, 0.717) is 16.7 Å². The Kier molecular flexibility index (Phi) is 3.89. The Morgan fingerprint density at radius 2 is 1.57 bits per heavy atom. The molecule has 0 heterocycles. The molecule has 0 radical (unpaired) electrons. The van der Waals surface area contributed by atoms with Crippen molar-refractivity contribution in [3.63, 3.8) is 0 Å². The summed E-state index contributed by atoms with van der Waals surface area (Å²) in [4.78, 5) is 0. The molecule has 0 amide bonds. The molecule has 0 saturated heterocycles. The van der Waals surface area contributed by atoms with Crippen LogP contribution in [0.4, 0.5) is 0 Å². The molecule has 9 atom stereocenters. The molecule has 4 rings (SSSR count). The Labute approximate surface area is 142 Å². The van der Waals surface area contributed by atoms with E-state index in [0.717, 1.165) is 36.5 Å². The summed E-state index contributed by atoms with van der Waals surface area (Å²) in [6.07, 6.45) is 11.1. The van der Waals surface area contributed by atoms with Crippen LogP contribution in [-0.4, -0.2) is 22.4 Å². The number of hydrogen-bond donors (Lipinski definition) is 2. The average Bonchev–Trinajstić information content (AvgIpc) is 2.85. The minimum absolute atomic E-state index is 0.0374. The number of fused-ring (bicyclic) bond motifs is 5. The van der Waals surface area contributed by atoms with Crippen molar-refractivity contribution >= 4 is 0 Å². The van der Waals surface area contributed by atoms with Crippen LogP contribution in [0.3, 0.4) is 0 Å². The molecule has 0 spiro atoms. The van der Waals surface area contributed by atoms with E-state index in [1.165, 1.54) is 44.9 Å². The summed E-state index contributed by atoms with van der Waals surface area (Å²) < 4.78 is 0. The summed E-state index contributed by atoms with van der Waals surface area (Å²) >= 11 is 0. The molecule has 4 aliphatic rings. The Hall–Kier alpha value is -0.0800. The van der Waals surface area contributed by atoms with E-state index < -0.39 is 0 Å². The Morgan fingerprint density at radius 3 is 2.30 bits per heavy atom. The SMILES string of the molecule is C[C@H](O)C1CCC2C3CCC4C[C@@H](O)CC[C@]4(C)C3CC[C@@]21C. The minimum atomic E-state index is -0.140. The Balaban J connectivity index is 1.60. The highest BCUT2D eigenvalue weighted by Gasteiger charge is 2.60. The van der Waals surface area contributed by atoms with Crippen LogP contribution < -0.4 is 0 Å². The molecule has 0 aliphatic heterocycles. The number of hydrogen-bond acceptors (Lipinski definition) is 2. The first-order valence-corrected chi connectivity index (χ1v) is 10.2. The van der Waals surface area contributed by atoms with Crippen LogP contribution in [0.2, 0.25) is 0 Å². The van der Waals surface area contributed by atoms with Gasteiger partial charge in [0.2, 0.25) is 0 Å². The van der Waals surface area contributed by atoms with Gasteiger partial charge in [0.05, 0.1) is 12.2 Å². The molecule has 132 valence electrons. The molecule has 2 N–H and O–H groups in total. The van der Waals surface area contributed by atoms with Crippen molar-refractivity contribution in [1.29, 1.82) is 0 Å². The molecule has 0 aromatic rings. The van der Waals surface area contributed by atoms with Gasteiger partial charge in [0.25, 0.3) is 0 Å². The van der Waals surface area contributed by atoms with E-state index in [4.69, 9.17) is 0 Å². The molecule has 2 nitrogen and oxygen atoms in total. The van der Waals surface area contributed by atoms with Crippen LogP contribution in [0.1, 0.15) is 78.6 Å². The van der Waals surface area contributed by atoms with Gasteiger partial charge >= 0.3 is 0 Å². The van der Waals surface area contributed by atoms with Crippen molar-refractivity contribution in [1.82, 2.24) is 0 Å². The van der Waals surface area contributed by atoms with Crippen molar-refractivity contribution in [3.05, 3.63) is 0 Å². The van der Waals surface area contributed by atoms with Gasteiger partial charge < -0.3 is 10.2 Å². The summed E-state index contributed by atoms with van der Waals surface area (Å²) in [5.74, 6) is 3.87. The minimum Gasteiger partial charge on any atom is -0.393 e. The highest BCUT2D eigenvalue weighted by molar-refractivity contribution is 5.09. The first-order chi connectivity index (χ1) is 10.9. The van der Waals surface area contributed by atoms with Gasteiger partial charge in [-0.1, -0.05) is 13.8 Å². The van der Waals surface area contributed by atoms with Gasteiger partial charge in [0, 0.05) is 0 Å². The zero-order valence-electron chi connectivity index (χ0n) is 15.3. The lowest BCUT2D eigenvalue weighted by atomic mass is 9.44. The van der Waals surface area contributed by atoms with Crippen molar-refractivity contribution in [2.75, 3.05) is 0 Å². The zero-order valence-corrected chi connectivity index (χ0v) is 15.3. The topological polar surface area (TPSA) is 40.5 Å². The van der Waals surface area contributed by atoms with Gasteiger partial charge in [-0.2, -0.15) is 0 Å². The fraction of sp³-hybridized carbons (Fsp3) is 1.00. The number of aliphatic hydroxyl groups excluding tert-OH is 2. The number of aliphatic hydroxyl groups is 2. The smallest absolute Gasteiger partial charge is 0.0545 e. The third-order valence-corrected chi connectivity index (χ3v) is 9.29. The van der Waals surface area contributed by atoms with Crippen LogP contribution in [0, 0.1) is 40.4 Å². The zero-order chi connectivity index (χ0) is 16.4. The summed E-state index contributed by atoms with van der Waals surface area (Å²) in [6.45, 7) is 7.08. The third kappa shape index (κ3) is 2.27. The van der Waals surface area contributed by atoms with Gasteiger partial charge in [-0.3, -0.25) is 0 Å². The second-order valence-electron chi connectivity index (χ2n) is 10.1. The second-order valence-corrected chi connectivity index (χ2v) is 10.1. The van der Waals surface area contributed by atoms with Crippen LogP contribution in [0.25, 0.3) is 0 Å². The fourth-order valence-corrected chi connectivity index (χ4v) is 8.07. The molecule has 5 unspecified atom stereocenters. The summed E-state index contributed by atoms with van der Waals surface area (Å²) in [7, 11) is 0. The van der Waals surface area contributed by atoms with Crippen LogP contribution >= 0.6 is 0 Å². The van der Waals surface area contributed by atoms with Crippen molar-refractivity contribution in [2.24, 2.45) is 40.4 Å². The van der Waals surface area contributed by atoms with E-state index in [1.807, 2.05) is 6.92 Å². The number of rotatable bonds is 1. The van der Waals surface area contributed by atoms with E-state index >= 15 is 0 Å². The van der Waals surface area contributed by atoms with Gasteiger partial charge in [-0.05, 0) is 105 Å². The maximum atomic E-state index is 10.3. The molecule has 0 aromatic carbocycles. The predicted octanol–water partition coefficient (Wildman–Crippen LogP) is 4.39. The molecule has 0 bridgehead atoms. The van der Waals surface area contributed by atoms with Crippen LogP contribution in [0.15, 0.2) is 0 Å². The molecular formula is C21H36O2. The van der Waals surface area contributed by atoms with Gasteiger partial charge in [0.1, 0.15) is 0 Å². The molecular weight excluding hydrogens is 284 g/mol. The summed E-state index contributed by atoms with van der Waals surface area (Å²) in [6, 6.07) is 0. The summed E-state index contributed by atoms with van der Waals surface area (Å²) in [5.41, 5.74) is 0.860. The van der Waals surface area contributed by atoms with E-state index in [2.05, 4.69) is 13.8 Å². The highest BCUT2D eigenvalue weighted by atomic mass is 16.3. The third-order valence-electron chi connectivity index (χ3n) is 9.29. The lowest BCUT2D eigenvalue weighted by Gasteiger charge is -2.61. The first kappa shape index (κ1) is 16.4. The maximum absolute atomic E-state index is 10.3. The molecule has 23 heavy (non-hydrogen) atoms. The first-order valence-electron chi connectivity index (χ1n) is 10.2. The predicted molar refractivity (Wildman–Crippen MR) is 92.9 cm³/mol. The normalized spacial score (nSPS) is 57.3. The molecule has 4 aliphatic carbocycles. The average molecular weight is 321 g/mol. The second kappa shape index (κ2) is 5.46. The summed E-state index contributed by atoms with van der Waals surface area (Å²) in [5, 5.41) is 20.4. The monoisotopic (exact) mass is 320 g/mol. The fourth-order valence-electron chi connectivity index (χ4n) is 8.07. The molecule has 2 heteroatoms. The van der Waals surface area contributed by atoms with Crippen LogP contribution in [0.5, 0.6) is 0 Å². The van der Waals surface area contributed by atoms with Crippen molar-refractivity contribution in [3.8, 4) is 0 Å². The van der Waals surface area contributed by atoms with Gasteiger partial charge in [-0.15, -0.1) is 0 Å². The van der Waals surface area contributed by atoms with E-state index in [9.17, 15) is 10.2 Å². The van der Waals surface area contributed by atoms with Crippen molar-refractivity contribution in [2.45, 2.75) is 90.8 Å². The largest absolute Gasteiger partial charge is 0.393 e. The van der Waals surface area contributed by atoms with Gasteiger partial charge in [-0.25, -0.2) is 0 Å². The van der Waals surface area contributed by atoms with E-state index in [1.54, 1.807) is 0 Å². The maximum Gasteiger partial charge on any atom is 0.0545 e. The lowest BCUT2D eigenvalue weighted by molar-refractivity contribution is -0.132. The van der Waals surface area contributed by atoms with Crippen LogP contribution in [-0.2, 0) is 0 Å². The Morgan fingerprint density at radius 1 is 0.870 bits per heavy atom.